The maximum atomic E-state index is 12.3. The number of carbonyl (C=O) groups is 1. The van der Waals surface area contributed by atoms with Crippen molar-refractivity contribution in [2.24, 2.45) is 0 Å². The van der Waals surface area contributed by atoms with Crippen LogP contribution in [0.25, 0.3) is 10.9 Å². The third kappa shape index (κ3) is 2.48. The van der Waals surface area contributed by atoms with Crippen LogP contribution in [0.4, 0.5) is 0 Å². The largest absolute Gasteiger partial charge is 0.504 e. The highest BCUT2D eigenvalue weighted by atomic mass is 16.5. The van der Waals surface area contributed by atoms with Gasteiger partial charge in [0, 0.05) is 23.0 Å². The average molecular weight is 337 g/mol. The number of benzene rings is 2. The fraction of sp³-hybridized carbons (Fsp3) is 0.105. The van der Waals surface area contributed by atoms with E-state index in [4.69, 9.17) is 9.47 Å². The molecule has 0 saturated heterocycles. The standard InChI is InChI=1S/C19H15NO5/c1-24-12-3-5-14-10(9-12)8-11(20-14)2-7-16-17(22)13-4-6-15(21)18(23)19(13)25-16/h3-9,20-21,23H,2H2,1H3. The zero-order chi connectivity index (χ0) is 17.6. The van der Waals surface area contributed by atoms with Crippen LogP contribution in [0.3, 0.4) is 0 Å². The zero-order valence-corrected chi connectivity index (χ0v) is 13.4. The van der Waals surface area contributed by atoms with Crippen molar-refractivity contribution in [1.82, 2.24) is 4.98 Å². The summed E-state index contributed by atoms with van der Waals surface area (Å²) in [6, 6.07) is 10.4. The summed E-state index contributed by atoms with van der Waals surface area (Å²) in [7, 11) is 1.62. The summed E-state index contributed by atoms with van der Waals surface area (Å²) in [4.78, 5) is 15.6. The number of ketones is 1. The van der Waals surface area contributed by atoms with Crippen LogP contribution < -0.4 is 9.47 Å². The number of H-pyrrole nitrogens is 1. The summed E-state index contributed by atoms with van der Waals surface area (Å²) >= 11 is 0. The van der Waals surface area contributed by atoms with E-state index in [1.54, 1.807) is 13.2 Å². The van der Waals surface area contributed by atoms with Gasteiger partial charge in [0.25, 0.3) is 0 Å². The Morgan fingerprint density at radius 1 is 1.20 bits per heavy atom. The monoisotopic (exact) mass is 337 g/mol. The molecule has 3 aromatic rings. The van der Waals surface area contributed by atoms with E-state index in [9.17, 15) is 15.0 Å². The Labute approximate surface area is 142 Å². The van der Waals surface area contributed by atoms with Gasteiger partial charge in [-0.05, 0) is 42.5 Å². The summed E-state index contributed by atoms with van der Waals surface area (Å²) in [5.74, 6) is -0.159. The number of ether oxygens (including phenoxy) is 2. The molecule has 0 aliphatic carbocycles. The van der Waals surface area contributed by atoms with Crippen LogP contribution in [0.5, 0.6) is 23.0 Å². The van der Waals surface area contributed by atoms with Crippen molar-refractivity contribution in [3.8, 4) is 23.0 Å². The molecule has 1 aliphatic heterocycles. The Balaban J connectivity index is 1.60. The summed E-state index contributed by atoms with van der Waals surface area (Å²) in [5, 5.41) is 20.3. The van der Waals surface area contributed by atoms with Gasteiger partial charge < -0.3 is 24.7 Å². The van der Waals surface area contributed by atoms with Gasteiger partial charge in [0.2, 0.25) is 11.5 Å². The molecule has 2 aromatic carbocycles. The Morgan fingerprint density at radius 2 is 2.04 bits per heavy atom. The summed E-state index contributed by atoms with van der Waals surface area (Å²) < 4.78 is 10.6. The van der Waals surface area contributed by atoms with Gasteiger partial charge in [-0.25, -0.2) is 0 Å². The third-order valence-corrected chi connectivity index (χ3v) is 4.18. The Hall–Kier alpha value is -3.41. The number of aromatic amines is 1. The minimum atomic E-state index is -0.424. The summed E-state index contributed by atoms with van der Waals surface area (Å²) in [6.45, 7) is 0. The van der Waals surface area contributed by atoms with E-state index in [1.807, 2.05) is 24.3 Å². The lowest BCUT2D eigenvalue weighted by Crippen LogP contribution is -1.99. The van der Waals surface area contributed by atoms with E-state index >= 15 is 0 Å². The molecule has 25 heavy (non-hydrogen) atoms. The topological polar surface area (TPSA) is 91.8 Å². The molecule has 6 nitrogen and oxygen atoms in total. The third-order valence-electron chi connectivity index (χ3n) is 4.18. The maximum Gasteiger partial charge on any atom is 0.231 e. The Morgan fingerprint density at radius 3 is 2.84 bits per heavy atom. The normalized spacial score (nSPS) is 14.8. The first kappa shape index (κ1) is 15.1. The Bertz CT molecular complexity index is 1030. The highest BCUT2D eigenvalue weighted by Crippen LogP contribution is 2.43. The second kappa shape index (κ2) is 5.59. The molecule has 0 bridgehead atoms. The van der Waals surface area contributed by atoms with Crippen LogP contribution >= 0.6 is 0 Å². The molecule has 0 atom stereocenters. The van der Waals surface area contributed by atoms with Crippen LogP contribution in [-0.4, -0.2) is 28.1 Å². The highest BCUT2D eigenvalue weighted by Gasteiger charge is 2.31. The molecule has 0 fully saturated rings. The SMILES string of the molecule is COc1ccc2[nH]c(CC=C3Oc4c(ccc(O)c4O)C3=O)cc2c1. The average Bonchev–Trinajstić information content (AvgIpc) is 3.17. The fourth-order valence-electron chi connectivity index (χ4n) is 2.88. The molecule has 1 aliphatic rings. The number of nitrogens with one attached hydrogen (secondary N) is 1. The van der Waals surface area contributed by atoms with Crippen LogP contribution in [0.15, 0.2) is 48.2 Å². The van der Waals surface area contributed by atoms with E-state index in [-0.39, 0.29) is 28.6 Å². The molecule has 4 rings (SSSR count). The van der Waals surface area contributed by atoms with Crippen molar-refractivity contribution in [3.05, 3.63) is 59.5 Å². The van der Waals surface area contributed by atoms with Crippen molar-refractivity contribution >= 4 is 16.7 Å². The number of phenols is 2. The minimum absolute atomic E-state index is 0.00219. The number of fused-ring (bicyclic) bond motifs is 2. The van der Waals surface area contributed by atoms with E-state index in [1.165, 1.54) is 12.1 Å². The van der Waals surface area contributed by atoms with Crippen molar-refractivity contribution in [3.63, 3.8) is 0 Å². The van der Waals surface area contributed by atoms with Gasteiger partial charge in [0.05, 0.1) is 12.7 Å². The molecule has 0 spiro atoms. The summed E-state index contributed by atoms with van der Waals surface area (Å²) in [6.07, 6.45) is 2.11. The number of carbonyl (C=O) groups excluding carboxylic acids is 1. The molecule has 6 heteroatoms. The first-order chi connectivity index (χ1) is 12.1. The number of hydrogen-bond acceptors (Lipinski definition) is 5. The number of rotatable bonds is 3. The molecular formula is C19H15NO5. The molecule has 3 N–H and O–H groups in total. The van der Waals surface area contributed by atoms with E-state index in [0.29, 0.717) is 6.42 Å². The van der Waals surface area contributed by atoms with Gasteiger partial charge in [-0.15, -0.1) is 0 Å². The number of aromatic nitrogens is 1. The molecule has 0 saturated carbocycles. The molecule has 0 unspecified atom stereocenters. The lowest BCUT2D eigenvalue weighted by Gasteiger charge is -2.02. The second-order valence-corrected chi connectivity index (χ2v) is 5.76. The molecule has 2 heterocycles. The number of methoxy groups -OCH3 is 1. The zero-order valence-electron chi connectivity index (χ0n) is 13.4. The minimum Gasteiger partial charge on any atom is -0.504 e. The van der Waals surface area contributed by atoms with Gasteiger partial charge in [0.1, 0.15) is 5.75 Å². The van der Waals surface area contributed by atoms with E-state index < -0.39 is 5.75 Å². The van der Waals surface area contributed by atoms with Crippen LogP contribution in [0, 0.1) is 0 Å². The van der Waals surface area contributed by atoms with Gasteiger partial charge in [-0.3, -0.25) is 4.79 Å². The quantitative estimate of drug-likeness (QED) is 0.504. The summed E-state index contributed by atoms with van der Waals surface area (Å²) in [5.41, 5.74) is 2.12. The Kier molecular flexibility index (Phi) is 3.39. The van der Waals surface area contributed by atoms with Gasteiger partial charge in [-0.2, -0.15) is 0 Å². The molecule has 0 amide bonds. The fourth-order valence-corrected chi connectivity index (χ4v) is 2.88. The van der Waals surface area contributed by atoms with Gasteiger partial charge in [0.15, 0.2) is 17.3 Å². The molecule has 126 valence electrons. The number of allylic oxidation sites excluding steroid dienone is 2. The van der Waals surface area contributed by atoms with Crippen molar-refractivity contribution in [2.45, 2.75) is 6.42 Å². The van der Waals surface area contributed by atoms with Gasteiger partial charge in [-0.1, -0.05) is 0 Å². The maximum absolute atomic E-state index is 12.3. The first-order valence-corrected chi connectivity index (χ1v) is 7.70. The first-order valence-electron chi connectivity index (χ1n) is 7.70. The number of aromatic hydroxyl groups is 2. The molecule has 1 aromatic heterocycles. The lowest BCUT2D eigenvalue weighted by molar-refractivity contribution is 0.101. The number of hydrogen-bond donors (Lipinski definition) is 3. The smallest absolute Gasteiger partial charge is 0.231 e. The van der Waals surface area contributed by atoms with Crippen molar-refractivity contribution in [1.29, 1.82) is 0 Å². The van der Waals surface area contributed by atoms with E-state index in [2.05, 4.69) is 4.98 Å². The van der Waals surface area contributed by atoms with Crippen LogP contribution in [0.1, 0.15) is 16.1 Å². The number of phenolic OH excluding ortho intramolecular Hbond substituents is 2. The highest BCUT2D eigenvalue weighted by molar-refractivity contribution is 6.13. The van der Waals surface area contributed by atoms with Crippen LogP contribution in [0.2, 0.25) is 0 Å². The van der Waals surface area contributed by atoms with E-state index in [0.717, 1.165) is 22.3 Å². The number of Topliss-reactive ketones (excluding diaryl/α,β-unsaturated/α-hetero) is 1. The van der Waals surface area contributed by atoms with Crippen molar-refractivity contribution in [2.75, 3.05) is 7.11 Å². The second-order valence-electron chi connectivity index (χ2n) is 5.76. The predicted octanol–water partition coefficient (Wildman–Crippen LogP) is 3.29. The van der Waals surface area contributed by atoms with Crippen LogP contribution in [-0.2, 0) is 6.42 Å². The van der Waals surface area contributed by atoms with Gasteiger partial charge >= 0.3 is 0 Å². The predicted molar refractivity (Wildman–Crippen MR) is 91.4 cm³/mol. The molecule has 0 radical (unpaired) electrons. The van der Waals surface area contributed by atoms with Crippen molar-refractivity contribution < 1.29 is 24.5 Å². The molecular weight excluding hydrogens is 322 g/mol. The lowest BCUT2D eigenvalue weighted by atomic mass is 10.1.